The molecular weight excluding hydrogens is 543 g/mol. The molecular formula is C24H32ClFN4O9. The van der Waals surface area contributed by atoms with E-state index < -0.39 is 72.2 Å². The van der Waals surface area contributed by atoms with E-state index in [0.29, 0.717) is 22.7 Å². The number of hydrogen-bond donors (Lipinski definition) is 6. The second-order valence-electron chi connectivity index (χ2n) is 9.17. The van der Waals surface area contributed by atoms with Gasteiger partial charge in [-0.25, -0.2) is 9.59 Å². The summed E-state index contributed by atoms with van der Waals surface area (Å²) in [6.45, 7) is 2.96. The number of amides is 1. The van der Waals surface area contributed by atoms with Crippen LogP contribution in [-0.4, -0.2) is 73.7 Å². The van der Waals surface area contributed by atoms with Crippen molar-refractivity contribution in [1.29, 1.82) is 0 Å². The Morgan fingerprint density at radius 3 is 2.49 bits per heavy atom. The van der Waals surface area contributed by atoms with E-state index in [0.717, 1.165) is 0 Å². The third-order valence-corrected chi connectivity index (χ3v) is 6.42. The molecule has 216 valence electrons. The second kappa shape index (κ2) is 13.7. The highest BCUT2D eigenvalue weighted by molar-refractivity contribution is 5.87. The molecule has 1 aliphatic heterocycles. The Kier molecular flexibility index (Phi) is 11.2. The van der Waals surface area contributed by atoms with Crippen molar-refractivity contribution in [2.45, 2.75) is 63.3 Å². The SMILES string of the molecule is CC[C@H](C)[C@H](NC(=O)[C@@H](N)Cc1ccc(O)cc1)C(=O)OC[C@@H]1O[C@H](n2cc(F)c(=O)[nH]c2=O)C(O)C1O.Cl. The number of aromatic hydroxyl groups is 1. The molecule has 2 unspecified atom stereocenters. The average molecular weight is 575 g/mol. The summed E-state index contributed by atoms with van der Waals surface area (Å²) in [7, 11) is 0. The summed E-state index contributed by atoms with van der Waals surface area (Å²) in [6.07, 6.45) is -5.00. The number of carbonyl (C=O) groups is 2. The molecule has 0 aliphatic carbocycles. The number of esters is 1. The number of hydrogen-bond acceptors (Lipinski definition) is 10. The van der Waals surface area contributed by atoms with Crippen LogP contribution in [0.15, 0.2) is 40.1 Å². The predicted octanol–water partition coefficient (Wildman–Crippen LogP) is -0.934. The lowest BCUT2D eigenvalue weighted by Gasteiger charge is -2.25. The van der Waals surface area contributed by atoms with Gasteiger partial charge in [0.15, 0.2) is 6.23 Å². The normalized spacial score (nSPS) is 22.8. The Bertz CT molecular complexity index is 1260. The summed E-state index contributed by atoms with van der Waals surface area (Å²) >= 11 is 0. The Labute approximate surface area is 228 Å². The summed E-state index contributed by atoms with van der Waals surface area (Å²) < 4.78 is 24.9. The van der Waals surface area contributed by atoms with Gasteiger partial charge in [0.05, 0.1) is 12.2 Å². The molecule has 2 aromatic rings. The largest absolute Gasteiger partial charge is 0.508 e. The van der Waals surface area contributed by atoms with Crippen LogP contribution in [0.5, 0.6) is 5.75 Å². The number of rotatable bonds is 10. The van der Waals surface area contributed by atoms with Crippen molar-refractivity contribution in [3.05, 3.63) is 62.7 Å². The minimum atomic E-state index is -1.70. The highest BCUT2D eigenvalue weighted by atomic mass is 35.5. The topological polar surface area (TPSA) is 206 Å². The van der Waals surface area contributed by atoms with E-state index in [2.05, 4.69) is 5.32 Å². The van der Waals surface area contributed by atoms with Crippen molar-refractivity contribution in [3.8, 4) is 5.75 Å². The first-order valence-electron chi connectivity index (χ1n) is 12.0. The standard InChI is InChI=1S/C24H31FN4O9.ClH/c1-3-11(2)17(27-21(34)15(26)8-12-4-6-13(30)7-5-12)23(35)37-10-16-18(31)19(32)22(38-16)29-9-14(25)20(33)28-24(29)36;/h4-7,9,11,15-19,22,30-32H,3,8,10,26H2,1-2H3,(H,27,34)(H,28,33,36);1H/t11-,15-,16-,17-,18?,19?,22-;/m0./s1. The van der Waals surface area contributed by atoms with Crippen LogP contribution in [0, 0.1) is 11.7 Å². The van der Waals surface area contributed by atoms with Crippen LogP contribution in [0.25, 0.3) is 0 Å². The summed E-state index contributed by atoms with van der Waals surface area (Å²) in [5, 5.41) is 32.6. The van der Waals surface area contributed by atoms with Crippen molar-refractivity contribution in [3.63, 3.8) is 0 Å². The van der Waals surface area contributed by atoms with E-state index >= 15 is 0 Å². The molecule has 7 N–H and O–H groups in total. The van der Waals surface area contributed by atoms with Crippen molar-refractivity contribution >= 4 is 24.3 Å². The number of H-pyrrole nitrogens is 1. The molecule has 1 aliphatic rings. The lowest BCUT2D eigenvalue weighted by molar-refractivity contribution is -0.155. The maximum Gasteiger partial charge on any atom is 0.330 e. The van der Waals surface area contributed by atoms with Crippen LogP contribution in [-0.2, 0) is 25.5 Å². The van der Waals surface area contributed by atoms with E-state index in [1.807, 2.05) is 0 Å². The first-order valence-corrected chi connectivity index (χ1v) is 12.0. The van der Waals surface area contributed by atoms with Crippen LogP contribution in [0.3, 0.4) is 0 Å². The van der Waals surface area contributed by atoms with E-state index in [4.69, 9.17) is 15.2 Å². The second-order valence-corrected chi connectivity index (χ2v) is 9.17. The minimum Gasteiger partial charge on any atom is -0.508 e. The van der Waals surface area contributed by atoms with Gasteiger partial charge in [-0.15, -0.1) is 12.4 Å². The summed E-state index contributed by atoms with van der Waals surface area (Å²) in [5.41, 5.74) is 4.37. The molecule has 1 saturated heterocycles. The van der Waals surface area contributed by atoms with Crippen LogP contribution in [0.4, 0.5) is 4.39 Å². The van der Waals surface area contributed by atoms with Gasteiger partial charge in [0.1, 0.15) is 36.7 Å². The molecule has 0 saturated carbocycles. The number of aromatic amines is 1. The molecule has 0 spiro atoms. The number of ether oxygens (including phenoxy) is 2. The molecule has 3 rings (SSSR count). The monoisotopic (exact) mass is 574 g/mol. The maximum absolute atomic E-state index is 13.7. The molecule has 0 radical (unpaired) electrons. The van der Waals surface area contributed by atoms with Crippen molar-refractivity contribution in [2.75, 3.05) is 6.61 Å². The fourth-order valence-corrected chi connectivity index (χ4v) is 3.91. The van der Waals surface area contributed by atoms with Crippen molar-refractivity contribution < 1.29 is 38.8 Å². The fourth-order valence-electron chi connectivity index (χ4n) is 3.91. The molecule has 2 heterocycles. The third-order valence-electron chi connectivity index (χ3n) is 6.42. The molecule has 1 aromatic heterocycles. The van der Waals surface area contributed by atoms with Gasteiger partial charge in [-0.2, -0.15) is 4.39 Å². The zero-order valence-electron chi connectivity index (χ0n) is 21.2. The van der Waals surface area contributed by atoms with Gasteiger partial charge >= 0.3 is 11.7 Å². The van der Waals surface area contributed by atoms with E-state index in [1.165, 1.54) is 12.1 Å². The zero-order valence-corrected chi connectivity index (χ0v) is 22.0. The van der Waals surface area contributed by atoms with Crippen molar-refractivity contribution in [1.82, 2.24) is 14.9 Å². The number of nitrogens with zero attached hydrogens (tertiary/aromatic N) is 1. The zero-order chi connectivity index (χ0) is 28.1. The number of aliphatic hydroxyl groups is 2. The molecule has 1 fully saturated rings. The number of aromatic nitrogens is 2. The maximum atomic E-state index is 13.7. The number of carbonyl (C=O) groups excluding carboxylic acids is 2. The Morgan fingerprint density at radius 2 is 1.87 bits per heavy atom. The highest BCUT2D eigenvalue weighted by Crippen LogP contribution is 2.28. The lowest BCUT2D eigenvalue weighted by Crippen LogP contribution is -2.52. The van der Waals surface area contributed by atoms with Gasteiger partial charge in [-0.05, 0) is 30.0 Å². The van der Waals surface area contributed by atoms with Crippen LogP contribution >= 0.6 is 12.4 Å². The van der Waals surface area contributed by atoms with Gasteiger partial charge in [-0.3, -0.25) is 19.1 Å². The summed E-state index contributed by atoms with van der Waals surface area (Å²) in [4.78, 5) is 50.6. The fraction of sp³-hybridized carbons (Fsp3) is 0.500. The molecule has 1 amide bonds. The van der Waals surface area contributed by atoms with Gasteiger partial charge in [0, 0.05) is 0 Å². The van der Waals surface area contributed by atoms with Crippen LogP contribution in [0.1, 0.15) is 32.1 Å². The third kappa shape index (κ3) is 7.64. The first-order chi connectivity index (χ1) is 17.9. The average Bonchev–Trinajstić information content (AvgIpc) is 3.17. The van der Waals surface area contributed by atoms with E-state index in [9.17, 15) is 38.9 Å². The Hall–Kier alpha value is -3.30. The van der Waals surface area contributed by atoms with Gasteiger partial charge < -0.3 is 35.8 Å². The molecule has 1 aromatic carbocycles. The Balaban J connectivity index is 0.00000533. The van der Waals surface area contributed by atoms with E-state index in [1.54, 1.807) is 31.0 Å². The van der Waals surface area contributed by atoms with Crippen LogP contribution in [0.2, 0.25) is 0 Å². The number of benzene rings is 1. The number of phenols is 1. The quantitative estimate of drug-likeness (QED) is 0.192. The van der Waals surface area contributed by atoms with Gasteiger partial charge in [0.25, 0.3) is 5.56 Å². The first kappa shape index (κ1) is 31.9. The number of nitrogens with one attached hydrogen (secondary N) is 2. The molecule has 39 heavy (non-hydrogen) atoms. The van der Waals surface area contributed by atoms with Crippen LogP contribution < -0.4 is 22.3 Å². The number of aliphatic hydroxyl groups excluding tert-OH is 2. The molecule has 15 heteroatoms. The summed E-state index contributed by atoms with van der Waals surface area (Å²) in [5.74, 6) is -3.04. The Morgan fingerprint density at radius 1 is 1.23 bits per heavy atom. The number of halogens is 2. The molecule has 13 nitrogen and oxygen atoms in total. The summed E-state index contributed by atoms with van der Waals surface area (Å²) in [6, 6.07) is 4.08. The minimum absolute atomic E-state index is 0. The van der Waals surface area contributed by atoms with Gasteiger partial charge in [-0.1, -0.05) is 32.4 Å². The number of phenolic OH excluding ortho intramolecular Hbond substituents is 1. The van der Waals surface area contributed by atoms with E-state index in [-0.39, 0.29) is 30.5 Å². The van der Waals surface area contributed by atoms with Gasteiger partial charge in [0.2, 0.25) is 11.7 Å². The smallest absolute Gasteiger partial charge is 0.330 e. The highest BCUT2D eigenvalue weighted by Gasteiger charge is 2.45. The number of nitrogens with two attached hydrogens (primary N) is 1. The molecule has 0 bridgehead atoms. The lowest BCUT2D eigenvalue weighted by atomic mass is 9.98. The molecule has 7 atom stereocenters. The van der Waals surface area contributed by atoms with Crippen molar-refractivity contribution in [2.24, 2.45) is 11.7 Å². The predicted molar refractivity (Wildman–Crippen MR) is 137 cm³/mol.